The van der Waals surface area contributed by atoms with Crippen molar-refractivity contribution in [2.75, 3.05) is 0 Å². The summed E-state index contributed by atoms with van der Waals surface area (Å²) in [5.74, 6) is 0. The summed E-state index contributed by atoms with van der Waals surface area (Å²) >= 11 is 0. The van der Waals surface area contributed by atoms with Crippen LogP contribution in [0.3, 0.4) is 0 Å². The van der Waals surface area contributed by atoms with Crippen molar-refractivity contribution in [3.05, 3.63) is 149 Å². The van der Waals surface area contributed by atoms with Crippen LogP contribution in [-0.2, 0) is 5.41 Å². The molecule has 1 spiro atoms. The SMILES string of the molecule is Cc1c(C)n2c3c(cc4ccccc4c13)B1c3c-2ccc2c3-n3c4c1cc([Si](C)(C)C(C)(C)C)cc4c1cc([Si](C)(C)C(C)(C)C)cc(c13)C21c2ccccc2-c2ccccc21. The zero-order valence-corrected chi connectivity index (χ0v) is 40.4. The topological polar surface area (TPSA) is 9.86 Å². The molecule has 7 aromatic carbocycles. The number of aryl methyl sites for hydroxylation is 1. The van der Waals surface area contributed by atoms with E-state index in [-0.39, 0.29) is 16.8 Å². The fraction of sp³-hybridized carbons (Fsp3) is 0.263. The zero-order valence-electron chi connectivity index (χ0n) is 38.4. The van der Waals surface area contributed by atoms with Crippen LogP contribution in [0.2, 0.25) is 36.3 Å². The van der Waals surface area contributed by atoms with Crippen LogP contribution in [0.1, 0.15) is 75.1 Å². The molecule has 0 unspecified atom stereocenters. The summed E-state index contributed by atoms with van der Waals surface area (Å²) in [6.45, 7) is 30.2. The maximum Gasteiger partial charge on any atom is 0.252 e. The molecule has 0 amide bonds. The van der Waals surface area contributed by atoms with Gasteiger partial charge in [0.15, 0.2) is 0 Å². The third-order valence-electron chi connectivity index (χ3n) is 18.0. The summed E-state index contributed by atoms with van der Waals surface area (Å²) in [6.07, 6.45) is 0. The molecule has 13 rings (SSSR count). The van der Waals surface area contributed by atoms with Crippen molar-refractivity contribution in [1.82, 2.24) is 9.13 Å². The normalized spacial score (nSPS) is 15.5. The van der Waals surface area contributed by atoms with Gasteiger partial charge in [0, 0.05) is 44.3 Å². The minimum atomic E-state index is -2.05. The number of rotatable bonds is 2. The van der Waals surface area contributed by atoms with Gasteiger partial charge in [0.1, 0.15) is 0 Å². The lowest BCUT2D eigenvalue weighted by molar-refractivity contribution is 0.728. The van der Waals surface area contributed by atoms with Gasteiger partial charge in [-0.15, -0.1) is 0 Å². The van der Waals surface area contributed by atoms with E-state index < -0.39 is 21.6 Å². The van der Waals surface area contributed by atoms with E-state index >= 15 is 0 Å². The number of benzene rings is 7. The summed E-state index contributed by atoms with van der Waals surface area (Å²) in [5, 5.41) is 10.5. The minimum Gasteiger partial charge on any atom is -0.315 e. The van der Waals surface area contributed by atoms with Gasteiger partial charge in [-0.05, 0) is 96.1 Å². The third-order valence-corrected chi connectivity index (χ3v) is 29.0. The molecule has 0 radical (unpaired) electrons. The van der Waals surface area contributed by atoms with Gasteiger partial charge < -0.3 is 9.13 Å². The zero-order chi connectivity index (χ0) is 42.9. The predicted octanol–water partition coefficient (Wildman–Crippen LogP) is 11.7. The highest BCUT2D eigenvalue weighted by Gasteiger charge is 2.55. The second kappa shape index (κ2) is 11.2. The van der Waals surface area contributed by atoms with Crippen molar-refractivity contribution < 1.29 is 0 Å². The lowest BCUT2D eigenvalue weighted by Gasteiger charge is -2.45. The smallest absolute Gasteiger partial charge is 0.252 e. The van der Waals surface area contributed by atoms with Gasteiger partial charge in [-0.1, -0.05) is 187 Å². The molecule has 5 heterocycles. The first-order valence-electron chi connectivity index (χ1n) is 23.0. The van der Waals surface area contributed by atoms with Crippen molar-refractivity contribution in [1.29, 1.82) is 0 Å². The van der Waals surface area contributed by atoms with Crippen LogP contribution in [0.5, 0.6) is 0 Å². The predicted molar refractivity (Wildman–Crippen MR) is 274 cm³/mol. The van der Waals surface area contributed by atoms with Crippen LogP contribution in [0.4, 0.5) is 0 Å². The van der Waals surface area contributed by atoms with Crippen LogP contribution in [-0.4, -0.2) is 32.0 Å². The molecule has 4 aliphatic rings. The van der Waals surface area contributed by atoms with Crippen LogP contribution >= 0.6 is 0 Å². The van der Waals surface area contributed by atoms with Crippen molar-refractivity contribution in [3.63, 3.8) is 0 Å². The molecule has 1 aliphatic carbocycles. The Morgan fingerprint density at radius 3 is 1.73 bits per heavy atom. The Hall–Kier alpha value is -5.36. The maximum absolute atomic E-state index is 2.81. The van der Waals surface area contributed by atoms with Gasteiger partial charge in [0.25, 0.3) is 6.71 Å². The molecule has 0 saturated heterocycles. The first-order valence-corrected chi connectivity index (χ1v) is 29.0. The highest BCUT2D eigenvalue weighted by Crippen LogP contribution is 2.61. The highest BCUT2D eigenvalue weighted by atomic mass is 28.3. The molecular formula is C57H55BN2Si2. The number of nitrogens with zero attached hydrogens (tertiary/aromatic N) is 2. The fourth-order valence-corrected chi connectivity index (χ4v) is 16.5. The second-order valence-electron chi connectivity index (χ2n) is 22.6. The maximum atomic E-state index is 2.81. The Bertz CT molecular complexity index is 3540. The van der Waals surface area contributed by atoms with E-state index in [0.29, 0.717) is 0 Å². The number of fused-ring (bicyclic) bond motifs is 13. The average molecular weight is 835 g/mol. The molecule has 0 N–H and O–H groups in total. The van der Waals surface area contributed by atoms with Crippen LogP contribution in [0, 0.1) is 13.8 Å². The molecule has 0 atom stereocenters. The van der Waals surface area contributed by atoms with Gasteiger partial charge in [-0.3, -0.25) is 0 Å². The standard InChI is InChI=1S/C57H55BN2Si2/c1-32-33(2)59-48-26-25-44-53-50(48)58(46-27-34-19-13-14-20-37(34)49(32)54(46)59)47-31-36(62(11,12)56(6,7)8)29-41-40-28-35(61(9,10)55(3,4)5)30-45(51(40)60(53)52(41)47)57(44)42-23-17-15-21-38(42)39-22-16-18-24-43(39)57/h13-31H,1-12H3. The largest absolute Gasteiger partial charge is 0.315 e. The summed E-state index contributed by atoms with van der Waals surface area (Å²) in [5.41, 5.74) is 22.1. The molecule has 5 heteroatoms. The second-order valence-corrected chi connectivity index (χ2v) is 33.2. The molecule has 304 valence electrons. The van der Waals surface area contributed by atoms with Gasteiger partial charge in [0.2, 0.25) is 0 Å². The fourth-order valence-electron chi connectivity index (χ4n) is 12.7. The van der Waals surface area contributed by atoms with Gasteiger partial charge in [-0.2, -0.15) is 0 Å². The van der Waals surface area contributed by atoms with Crippen LogP contribution < -0.4 is 26.8 Å². The molecule has 0 fully saturated rings. The molecule has 2 nitrogen and oxygen atoms in total. The molecule has 0 bridgehead atoms. The van der Waals surface area contributed by atoms with Gasteiger partial charge in [0.05, 0.1) is 27.1 Å². The van der Waals surface area contributed by atoms with Crippen molar-refractivity contribution in [2.45, 2.75) is 97.1 Å². The molecule has 9 aromatic rings. The average Bonchev–Trinajstić information content (AvgIpc) is 3.83. The van der Waals surface area contributed by atoms with E-state index in [1.807, 2.05) is 0 Å². The van der Waals surface area contributed by atoms with E-state index in [4.69, 9.17) is 0 Å². The molecule has 0 saturated carbocycles. The van der Waals surface area contributed by atoms with E-state index in [1.54, 1.807) is 10.4 Å². The number of aromatic nitrogens is 2. The Morgan fingerprint density at radius 2 is 1.08 bits per heavy atom. The molecule has 2 aromatic heterocycles. The monoisotopic (exact) mass is 834 g/mol. The molecule has 3 aliphatic heterocycles. The summed E-state index contributed by atoms with van der Waals surface area (Å²) in [7, 11) is -4.08. The molecule has 62 heavy (non-hydrogen) atoms. The lowest BCUT2D eigenvalue weighted by atomic mass is 9.33. The Balaban J connectivity index is 1.33. The van der Waals surface area contributed by atoms with E-state index in [9.17, 15) is 0 Å². The van der Waals surface area contributed by atoms with E-state index in [1.165, 1.54) is 116 Å². The summed E-state index contributed by atoms with van der Waals surface area (Å²) in [6, 6.07) is 46.5. The van der Waals surface area contributed by atoms with E-state index in [2.05, 4.69) is 206 Å². The summed E-state index contributed by atoms with van der Waals surface area (Å²) < 4.78 is 5.48. The van der Waals surface area contributed by atoms with Crippen molar-refractivity contribution in [2.24, 2.45) is 0 Å². The quantitative estimate of drug-likeness (QED) is 0.154. The Kier molecular flexibility index (Phi) is 6.74. The number of hydrogen-bond donors (Lipinski definition) is 0. The Morgan fingerprint density at radius 1 is 0.516 bits per heavy atom. The molecular weight excluding hydrogens is 780 g/mol. The first-order chi connectivity index (χ1) is 29.4. The highest BCUT2D eigenvalue weighted by molar-refractivity contribution is 7.01. The Labute approximate surface area is 368 Å². The summed E-state index contributed by atoms with van der Waals surface area (Å²) in [4.78, 5) is 0. The number of hydrogen-bond acceptors (Lipinski definition) is 0. The minimum absolute atomic E-state index is 0.0858. The van der Waals surface area contributed by atoms with E-state index in [0.717, 1.165) is 0 Å². The lowest BCUT2D eigenvalue weighted by Crippen LogP contribution is -2.62. The van der Waals surface area contributed by atoms with Crippen LogP contribution in [0.15, 0.2) is 115 Å². The van der Waals surface area contributed by atoms with Gasteiger partial charge >= 0.3 is 0 Å². The van der Waals surface area contributed by atoms with Crippen molar-refractivity contribution in [3.8, 4) is 22.5 Å². The van der Waals surface area contributed by atoms with Crippen LogP contribution in [0.25, 0.3) is 66.0 Å². The van der Waals surface area contributed by atoms with Gasteiger partial charge in [-0.25, -0.2) is 0 Å². The third kappa shape index (κ3) is 3.98. The van der Waals surface area contributed by atoms with Crippen molar-refractivity contribution >= 4 is 93.1 Å². The first kappa shape index (κ1) is 37.2.